The van der Waals surface area contributed by atoms with Crippen molar-refractivity contribution in [2.45, 2.75) is 6.92 Å². The van der Waals surface area contributed by atoms with E-state index in [2.05, 4.69) is 15.3 Å². The fraction of sp³-hybridized carbons (Fsp3) is 0.167. The van der Waals surface area contributed by atoms with E-state index in [1.165, 1.54) is 6.20 Å². The molecule has 100 valence electrons. The van der Waals surface area contributed by atoms with Crippen molar-refractivity contribution in [3.63, 3.8) is 0 Å². The third kappa shape index (κ3) is 3.00. The Morgan fingerprint density at radius 2 is 2.00 bits per heavy atom. The minimum Gasteiger partial charge on any atom is -0.495 e. The van der Waals surface area contributed by atoms with E-state index < -0.39 is 0 Å². The molecule has 0 unspecified atom stereocenters. The highest BCUT2D eigenvalue weighted by molar-refractivity contribution is 6.33. The summed E-state index contributed by atoms with van der Waals surface area (Å²) in [6, 6.07) is 3.56. The van der Waals surface area contributed by atoms with Gasteiger partial charge in [0, 0.05) is 11.1 Å². The number of nitrogen functional groups attached to an aromatic ring is 1. The minimum atomic E-state index is 0.136. The average Bonchev–Trinajstić information content (AvgIpc) is 2.38. The van der Waals surface area contributed by atoms with Gasteiger partial charge in [0.25, 0.3) is 0 Å². The molecule has 7 heteroatoms. The Hall–Kier alpha value is -1.72. The van der Waals surface area contributed by atoms with Crippen molar-refractivity contribution in [1.29, 1.82) is 0 Å². The molecule has 0 atom stereocenters. The Bertz CT molecular complexity index is 619. The number of anilines is 3. The third-order valence-electron chi connectivity index (χ3n) is 2.50. The molecule has 19 heavy (non-hydrogen) atoms. The monoisotopic (exact) mass is 298 g/mol. The van der Waals surface area contributed by atoms with E-state index in [1.54, 1.807) is 13.2 Å². The van der Waals surface area contributed by atoms with Gasteiger partial charge in [0.2, 0.25) is 5.95 Å². The Kier molecular flexibility index (Phi) is 3.97. The maximum atomic E-state index is 6.04. The molecular formula is C12H12Cl2N4O. The molecule has 5 nitrogen and oxygen atoms in total. The number of benzene rings is 1. The SMILES string of the molecule is COc1cc(Cl)c(C)cc1Nc1nc(N)ncc1Cl. The molecule has 2 aromatic rings. The molecule has 0 radical (unpaired) electrons. The molecule has 0 amide bonds. The van der Waals surface area contributed by atoms with Crippen molar-refractivity contribution in [2.75, 3.05) is 18.2 Å². The van der Waals surface area contributed by atoms with Crippen LogP contribution >= 0.6 is 23.2 Å². The van der Waals surface area contributed by atoms with Crippen molar-refractivity contribution >= 4 is 40.7 Å². The molecule has 2 rings (SSSR count). The summed E-state index contributed by atoms with van der Waals surface area (Å²) in [5, 5.41) is 4.04. The van der Waals surface area contributed by atoms with Crippen LogP contribution in [-0.4, -0.2) is 17.1 Å². The summed E-state index contributed by atoms with van der Waals surface area (Å²) in [6.45, 7) is 1.89. The van der Waals surface area contributed by atoms with E-state index in [4.69, 9.17) is 33.7 Å². The van der Waals surface area contributed by atoms with E-state index in [0.717, 1.165) is 5.56 Å². The van der Waals surface area contributed by atoms with Crippen molar-refractivity contribution in [3.8, 4) is 5.75 Å². The van der Waals surface area contributed by atoms with E-state index in [0.29, 0.717) is 27.3 Å². The topological polar surface area (TPSA) is 73.1 Å². The number of aromatic nitrogens is 2. The smallest absolute Gasteiger partial charge is 0.222 e. The first kappa shape index (κ1) is 13.7. The van der Waals surface area contributed by atoms with Gasteiger partial charge in [0.05, 0.1) is 19.0 Å². The average molecular weight is 299 g/mol. The zero-order valence-electron chi connectivity index (χ0n) is 10.4. The molecule has 0 fully saturated rings. The summed E-state index contributed by atoms with van der Waals surface area (Å²) >= 11 is 12.0. The first-order chi connectivity index (χ1) is 9.01. The van der Waals surface area contributed by atoms with Crippen LogP contribution in [0.5, 0.6) is 5.75 Å². The zero-order valence-corrected chi connectivity index (χ0v) is 11.9. The predicted octanol–water partition coefficient (Wildman–Crippen LogP) is 3.43. The lowest BCUT2D eigenvalue weighted by atomic mass is 10.2. The molecule has 1 aromatic carbocycles. The van der Waals surface area contributed by atoms with Crippen LogP contribution in [0, 0.1) is 6.92 Å². The molecule has 0 aliphatic heterocycles. The number of halogens is 2. The second-order valence-corrected chi connectivity index (χ2v) is 4.67. The van der Waals surface area contributed by atoms with Gasteiger partial charge < -0.3 is 15.8 Å². The first-order valence-corrected chi connectivity index (χ1v) is 6.16. The van der Waals surface area contributed by atoms with Gasteiger partial charge in [-0.15, -0.1) is 0 Å². The van der Waals surface area contributed by atoms with Crippen LogP contribution < -0.4 is 15.8 Å². The number of ether oxygens (including phenoxy) is 1. The Balaban J connectivity index is 2.42. The van der Waals surface area contributed by atoms with Crippen LogP contribution in [-0.2, 0) is 0 Å². The second kappa shape index (κ2) is 5.50. The van der Waals surface area contributed by atoms with Crippen molar-refractivity contribution in [3.05, 3.63) is 33.9 Å². The molecule has 3 N–H and O–H groups in total. The van der Waals surface area contributed by atoms with Crippen LogP contribution in [0.25, 0.3) is 0 Å². The highest BCUT2D eigenvalue weighted by Crippen LogP contribution is 2.34. The summed E-state index contributed by atoms with van der Waals surface area (Å²) < 4.78 is 5.26. The number of nitrogens with two attached hydrogens (primary N) is 1. The normalized spacial score (nSPS) is 10.3. The Morgan fingerprint density at radius 1 is 1.26 bits per heavy atom. The van der Waals surface area contributed by atoms with Gasteiger partial charge in [-0.1, -0.05) is 23.2 Å². The van der Waals surface area contributed by atoms with Crippen LogP contribution in [0.3, 0.4) is 0 Å². The lowest BCUT2D eigenvalue weighted by molar-refractivity contribution is 0.416. The van der Waals surface area contributed by atoms with Crippen LogP contribution in [0.4, 0.5) is 17.5 Å². The number of hydrogen-bond donors (Lipinski definition) is 2. The maximum absolute atomic E-state index is 6.04. The molecule has 0 saturated heterocycles. The van der Waals surface area contributed by atoms with Crippen molar-refractivity contribution < 1.29 is 4.74 Å². The van der Waals surface area contributed by atoms with E-state index in [9.17, 15) is 0 Å². The highest BCUT2D eigenvalue weighted by atomic mass is 35.5. The van der Waals surface area contributed by atoms with Gasteiger partial charge in [-0.25, -0.2) is 4.98 Å². The summed E-state index contributed by atoms with van der Waals surface area (Å²) in [7, 11) is 1.56. The standard InChI is InChI=1S/C12H12Cl2N4O/c1-6-3-9(10(19-2)4-7(6)13)17-11-8(14)5-16-12(15)18-11/h3-5H,1-2H3,(H3,15,16,17,18). The summed E-state index contributed by atoms with van der Waals surface area (Å²) in [4.78, 5) is 7.83. The van der Waals surface area contributed by atoms with Crippen molar-refractivity contribution in [1.82, 2.24) is 9.97 Å². The molecule has 0 bridgehead atoms. The van der Waals surface area contributed by atoms with E-state index >= 15 is 0 Å². The number of rotatable bonds is 3. The highest BCUT2D eigenvalue weighted by Gasteiger charge is 2.10. The number of nitrogens with zero attached hydrogens (tertiary/aromatic N) is 2. The van der Waals surface area contributed by atoms with Gasteiger partial charge >= 0.3 is 0 Å². The number of hydrogen-bond acceptors (Lipinski definition) is 5. The van der Waals surface area contributed by atoms with Crippen LogP contribution in [0.2, 0.25) is 10.0 Å². The third-order valence-corrected chi connectivity index (χ3v) is 3.18. The maximum Gasteiger partial charge on any atom is 0.222 e. The van der Waals surface area contributed by atoms with Crippen molar-refractivity contribution in [2.24, 2.45) is 0 Å². The van der Waals surface area contributed by atoms with E-state index in [1.807, 2.05) is 13.0 Å². The first-order valence-electron chi connectivity index (χ1n) is 5.40. The minimum absolute atomic E-state index is 0.136. The van der Waals surface area contributed by atoms with Gasteiger partial charge in [0.15, 0.2) is 5.82 Å². The summed E-state index contributed by atoms with van der Waals surface area (Å²) in [5.74, 6) is 1.13. The van der Waals surface area contributed by atoms with Gasteiger partial charge in [-0.3, -0.25) is 0 Å². The Labute approximate surface area is 120 Å². The molecule has 0 saturated carbocycles. The fourth-order valence-electron chi connectivity index (χ4n) is 1.53. The largest absolute Gasteiger partial charge is 0.495 e. The lowest BCUT2D eigenvalue weighted by Crippen LogP contribution is -2.02. The zero-order chi connectivity index (χ0) is 14.0. The number of aryl methyl sites for hydroxylation is 1. The van der Waals surface area contributed by atoms with E-state index in [-0.39, 0.29) is 5.95 Å². The predicted molar refractivity (Wildman–Crippen MR) is 77.5 cm³/mol. The van der Waals surface area contributed by atoms with Crippen LogP contribution in [0.1, 0.15) is 5.56 Å². The Morgan fingerprint density at radius 3 is 2.68 bits per heavy atom. The second-order valence-electron chi connectivity index (χ2n) is 3.85. The molecule has 1 aromatic heterocycles. The number of nitrogens with one attached hydrogen (secondary N) is 1. The quantitative estimate of drug-likeness (QED) is 0.908. The molecule has 0 aliphatic rings. The number of methoxy groups -OCH3 is 1. The molecule has 1 heterocycles. The summed E-state index contributed by atoms with van der Waals surface area (Å²) in [5.41, 5.74) is 7.14. The van der Waals surface area contributed by atoms with Gasteiger partial charge in [-0.2, -0.15) is 4.98 Å². The molecule has 0 spiro atoms. The summed E-state index contributed by atoms with van der Waals surface area (Å²) in [6.07, 6.45) is 1.43. The molecule has 0 aliphatic carbocycles. The fourth-order valence-corrected chi connectivity index (χ4v) is 1.82. The van der Waals surface area contributed by atoms with Gasteiger partial charge in [-0.05, 0) is 18.6 Å². The van der Waals surface area contributed by atoms with Gasteiger partial charge in [0.1, 0.15) is 10.8 Å². The van der Waals surface area contributed by atoms with Crippen LogP contribution in [0.15, 0.2) is 18.3 Å². The molecular weight excluding hydrogens is 287 g/mol. The lowest BCUT2D eigenvalue weighted by Gasteiger charge is -2.13.